The average molecular weight is 257 g/mol. The van der Waals surface area contributed by atoms with Crippen molar-refractivity contribution in [3.63, 3.8) is 0 Å². The molecule has 8 heteroatoms. The van der Waals surface area contributed by atoms with E-state index in [4.69, 9.17) is 10.3 Å². The van der Waals surface area contributed by atoms with E-state index in [-0.39, 0.29) is 5.95 Å². The predicted octanol–water partition coefficient (Wildman–Crippen LogP) is 1.80. The minimum atomic E-state index is 0.115. The Morgan fingerprint density at radius 1 is 1.32 bits per heavy atom. The van der Waals surface area contributed by atoms with Gasteiger partial charge in [0.2, 0.25) is 5.95 Å². The fraction of sp³-hybridized carbons (Fsp3) is 0.364. The van der Waals surface area contributed by atoms with E-state index in [1.165, 1.54) is 0 Å². The summed E-state index contributed by atoms with van der Waals surface area (Å²) in [5, 5.41) is 3.48. The third-order valence-corrected chi connectivity index (χ3v) is 2.87. The van der Waals surface area contributed by atoms with Gasteiger partial charge in [0.1, 0.15) is 5.52 Å². The first-order chi connectivity index (χ1) is 9.38. The number of aromatic nitrogens is 3. The maximum Gasteiger partial charge on any atom is 0.219 e. The standard InChI is InChI=1S/C11H11N7O/c12-17-16-11-14-8-2-1-3-13-9(8)10(15-11)18-4-6-19-7-5-18/h1-3H,4-7H2. The maximum absolute atomic E-state index is 8.52. The summed E-state index contributed by atoms with van der Waals surface area (Å²) in [7, 11) is 0. The molecule has 0 saturated carbocycles. The van der Waals surface area contributed by atoms with Crippen molar-refractivity contribution in [2.45, 2.75) is 0 Å². The molecule has 1 fully saturated rings. The van der Waals surface area contributed by atoms with Crippen molar-refractivity contribution < 1.29 is 4.74 Å². The highest BCUT2D eigenvalue weighted by Crippen LogP contribution is 2.24. The van der Waals surface area contributed by atoms with Crippen molar-refractivity contribution in [3.05, 3.63) is 28.8 Å². The second-order valence-electron chi connectivity index (χ2n) is 4.01. The summed E-state index contributed by atoms with van der Waals surface area (Å²) >= 11 is 0. The van der Waals surface area contributed by atoms with Crippen molar-refractivity contribution in [3.8, 4) is 0 Å². The summed E-state index contributed by atoms with van der Waals surface area (Å²) in [5.41, 5.74) is 9.90. The molecule has 0 bridgehead atoms. The van der Waals surface area contributed by atoms with Gasteiger partial charge in [-0.05, 0) is 22.8 Å². The molecule has 8 nitrogen and oxygen atoms in total. The third-order valence-electron chi connectivity index (χ3n) is 2.87. The van der Waals surface area contributed by atoms with Crippen LogP contribution in [0.3, 0.4) is 0 Å². The molecule has 0 amide bonds. The van der Waals surface area contributed by atoms with Crippen LogP contribution in [0.15, 0.2) is 23.4 Å². The third kappa shape index (κ3) is 2.26. The second-order valence-corrected chi connectivity index (χ2v) is 4.01. The number of morpholine rings is 1. The van der Waals surface area contributed by atoms with Crippen LogP contribution in [0.25, 0.3) is 21.5 Å². The first kappa shape index (κ1) is 11.6. The van der Waals surface area contributed by atoms with E-state index in [1.807, 2.05) is 6.07 Å². The fourth-order valence-electron chi connectivity index (χ4n) is 2.02. The predicted molar refractivity (Wildman–Crippen MR) is 69.2 cm³/mol. The second kappa shape index (κ2) is 5.05. The lowest BCUT2D eigenvalue weighted by Crippen LogP contribution is -2.37. The van der Waals surface area contributed by atoms with Crippen LogP contribution in [0.2, 0.25) is 0 Å². The van der Waals surface area contributed by atoms with Crippen molar-refractivity contribution in [2.75, 3.05) is 31.2 Å². The van der Waals surface area contributed by atoms with Gasteiger partial charge in [-0.3, -0.25) is 4.98 Å². The highest BCUT2D eigenvalue weighted by molar-refractivity contribution is 5.86. The Bertz CT molecular complexity index is 647. The van der Waals surface area contributed by atoms with Crippen molar-refractivity contribution >= 4 is 22.8 Å². The molecular formula is C11H11N7O. The minimum absolute atomic E-state index is 0.115. The number of rotatable bonds is 2. The molecule has 2 aromatic heterocycles. The van der Waals surface area contributed by atoms with Crippen LogP contribution in [-0.4, -0.2) is 41.3 Å². The first-order valence-corrected chi connectivity index (χ1v) is 5.89. The van der Waals surface area contributed by atoms with Crippen LogP contribution in [0.4, 0.5) is 11.8 Å². The zero-order valence-corrected chi connectivity index (χ0v) is 10.1. The first-order valence-electron chi connectivity index (χ1n) is 5.89. The van der Waals surface area contributed by atoms with E-state index in [0.29, 0.717) is 30.1 Å². The minimum Gasteiger partial charge on any atom is -0.378 e. The lowest BCUT2D eigenvalue weighted by molar-refractivity contribution is 0.122. The van der Waals surface area contributed by atoms with Crippen LogP contribution in [0.1, 0.15) is 0 Å². The largest absolute Gasteiger partial charge is 0.378 e. The van der Waals surface area contributed by atoms with Gasteiger partial charge in [0.05, 0.1) is 18.7 Å². The van der Waals surface area contributed by atoms with Crippen molar-refractivity contribution in [1.29, 1.82) is 0 Å². The Kier molecular flexibility index (Phi) is 3.09. The molecule has 3 rings (SSSR count). The van der Waals surface area contributed by atoms with Gasteiger partial charge in [-0.1, -0.05) is 0 Å². The van der Waals surface area contributed by atoms with Gasteiger partial charge in [-0.2, -0.15) is 0 Å². The van der Waals surface area contributed by atoms with Crippen LogP contribution in [-0.2, 0) is 4.74 Å². The quantitative estimate of drug-likeness (QED) is 0.464. The summed E-state index contributed by atoms with van der Waals surface area (Å²) in [6.07, 6.45) is 1.70. The number of fused-ring (bicyclic) bond motifs is 1. The number of ether oxygens (including phenoxy) is 1. The molecule has 1 aliphatic rings. The Morgan fingerprint density at radius 3 is 2.95 bits per heavy atom. The monoisotopic (exact) mass is 257 g/mol. The molecule has 0 atom stereocenters. The molecule has 0 N–H and O–H groups in total. The topological polar surface area (TPSA) is 99.9 Å². The van der Waals surface area contributed by atoms with E-state index in [2.05, 4.69) is 29.9 Å². The van der Waals surface area contributed by atoms with Gasteiger partial charge in [0.15, 0.2) is 5.82 Å². The van der Waals surface area contributed by atoms with Crippen molar-refractivity contribution in [1.82, 2.24) is 15.0 Å². The Labute approximate surface area is 108 Å². The highest BCUT2D eigenvalue weighted by atomic mass is 16.5. The molecule has 2 aromatic rings. The molecular weight excluding hydrogens is 246 g/mol. The SMILES string of the molecule is [N-]=[N+]=Nc1nc(N2CCOCC2)c2ncccc2n1. The van der Waals surface area contributed by atoms with Crippen LogP contribution >= 0.6 is 0 Å². The lowest BCUT2D eigenvalue weighted by atomic mass is 10.3. The van der Waals surface area contributed by atoms with E-state index in [9.17, 15) is 0 Å². The molecule has 0 radical (unpaired) electrons. The molecule has 0 spiro atoms. The van der Waals surface area contributed by atoms with Gasteiger partial charge in [-0.25, -0.2) is 9.97 Å². The maximum atomic E-state index is 8.52. The number of azide groups is 1. The van der Waals surface area contributed by atoms with Gasteiger partial charge in [0, 0.05) is 24.2 Å². The Balaban J connectivity index is 2.16. The summed E-state index contributed by atoms with van der Waals surface area (Å²) in [5.74, 6) is 0.806. The summed E-state index contributed by atoms with van der Waals surface area (Å²) in [6.45, 7) is 2.77. The van der Waals surface area contributed by atoms with Crippen LogP contribution in [0, 0.1) is 0 Å². The average Bonchev–Trinajstić information content (AvgIpc) is 2.48. The summed E-state index contributed by atoms with van der Waals surface area (Å²) in [4.78, 5) is 17.6. The van der Waals surface area contributed by atoms with E-state index in [1.54, 1.807) is 12.3 Å². The summed E-state index contributed by atoms with van der Waals surface area (Å²) < 4.78 is 5.32. The van der Waals surface area contributed by atoms with Gasteiger partial charge in [0.25, 0.3) is 0 Å². The number of nitrogens with zero attached hydrogens (tertiary/aromatic N) is 7. The molecule has 0 unspecified atom stereocenters. The number of hydrogen-bond acceptors (Lipinski definition) is 6. The molecule has 0 aromatic carbocycles. The van der Waals surface area contributed by atoms with Gasteiger partial charge in [-0.15, -0.1) is 0 Å². The zero-order valence-electron chi connectivity index (χ0n) is 10.1. The zero-order chi connectivity index (χ0) is 13.1. The molecule has 3 heterocycles. The molecule has 96 valence electrons. The van der Waals surface area contributed by atoms with E-state index in [0.717, 1.165) is 13.1 Å². The molecule has 1 saturated heterocycles. The molecule has 0 aliphatic carbocycles. The fourth-order valence-corrected chi connectivity index (χ4v) is 2.02. The number of pyridine rings is 1. The van der Waals surface area contributed by atoms with Crippen molar-refractivity contribution in [2.24, 2.45) is 5.11 Å². The summed E-state index contributed by atoms with van der Waals surface area (Å²) in [6, 6.07) is 3.61. The van der Waals surface area contributed by atoms with E-state index >= 15 is 0 Å². The smallest absolute Gasteiger partial charge is 0.219 e. The van der Waals surface area contributed by atoms with Gasteiger partial charge < -0.3 is 9.64 Å². The van der Waals surface area contributed by atoms with Gasteiger partial charge >= 0.3 is 0 Å². The van der Waals surface area contributed by atoms with Crippen LogP contribution < -0.4 is 4.90 Å². The molecule has 19 heavy (non-hydrogen) atoms. The number of anilines is 1. The highest BCUT2D eigenvalue weighted by Gasteiger charge is 2.17. The Morgan fingerprint density at radius 2 is 2.16 bits per heavy atom. The van der Waals surface area contributed by atoms with Crippen LogP contribution in [0.5, 0.6) is 0 Å². The Hall–Kier alpha value is -2.44. The lowest BCUT2D eigenvalue weighted by Gasteiger charge is -2.28. The van der Waals surface area contributed by atoms with E-state index < -0.39 is 0 Å². The number of hydrogen-bond donors (Lipinski definition) is 0. The normalized spacial score (nSPS) is 15.3. The molecule has 1 aliphatic heterocycles.